The van der Waals surface area contributed by atoms with Crippen LogP contribution in [0.4, 0.5) is 20.3 Å². The van der Waals surface area contributed by atoms with E-state index in [0.29, 0.717) is 18.9 Å². The fourth-order valence-corrected chi connectivity index (χ4v) is 6.02. The quantitative estimate of drug-likeness (QED) is 0.486. The van der Waals surface area contributed by atoms with E-state index in [4.69, 9.17) is 0 Å². The molecule has 0 radical (unpaired) electrons. The molecule has 2 heterocycles. The highest BCUT2D eigenvalue weighted by atomic mass is 32.2. The minimum Gasteiger partial charge on any atom is -0.353 e. The highest BCUT2D eigenvalue weighted by molar-refractivity contribution is 7.91. The zero-order chi connectivity index (χ0) is 25.9. The topological polar surface area (TPSA) is 130 Å². The largest absolute Gasteiger partial charge is 0.353 e. The Morgan fingerprint density at radius 2 is 1.58 bits per heavy atom. The maximum Gasteiger partial charge on any atom is 0.341 e. The van der Waals surface area contributed by atoms with Crippen LogP contribution < -0.4 is 10.2 Å². The molecule has 0 bridgehead atoms. The van der Waals surface area contributed by atoms with Crippen molar-refractivity contribution in [1.29, 1.82) is 0 Å². The Hall–Kier alpha value is -3.49. The monoisotopic (exact) mass is 537 g/mol. The molecule has 14 heteroatoms. The van der Waals surface area contributed by atoms with Crippen LogP contribution in [-0.4, -0.2) is 69.0 Å². The summed E-state index contributed by atoms with van der Waals surface area (Å²) >= 11 is 0. The highest BCUT2D eigenvalue weighted by Crippen LogP contribution is 2.25. The number of anilines is 2. The average Bonchev–Trinajstić information content (AvgIpc) is 2.89. The molecule has 1 aliphatic rings. The third-order valence-electron chi connectivity index (χ3n) is 5.53. The van der Waals surface area contributed by atoms with E-state index in [2.05, 4.69) is 15.3 Å². The number of piperazine rings is 1. The van der Waals surface area contributed by atoms with Gasteiger partial charge in [-0.15, -0.1) is 0 Å². The molecule has 1 fully saturated rings. The summed E-state index contributed by atoms with van der Waals surface area (Å²) in [6, 6.07) is 9.91. The number of hydrogen-bond acceptors (Lipinski definition) is 8. The van der Waals surface area contributed by atoms with E-state index in [-0.39, 0.29) is 23.7 Å². The molecule has 0 spiro atoms. The first-order chi connectivity index (χ1) is 17.1. The van der Waals surface area contributed by atoms with Crippen molar-refractivity contribution in [3.05, 3.63) is 72.7 Å². The maximum atomic E-state index is 13.1. The van der Waals surface area contributed by atoms with Crippen LogP contribution in [0.1, 0.15) is 10.4 Å². The molecule has 2 aromatic carbocycles. The summed E-state index contributed by atoms with van der Waals surface area (Å²) < 4.78 is 77.3. The van der Waals surface area contributed by atoms with Crippen molar-refractivity contribution in [1.82, 2.24) is 14.3 Å². The van der Waals surface area contributed by atoms with Crippen molar-refractivity contribution in [2.24, 2.45) is 0 Å². The van der Waals surface area contributed by atoms with E-state index >= 15 is 0 Å². The normalized spacial score (nSPS) is 15.1. The maximum absolute atomic E-state index is 13.1. The lowest BCUT2D eigenvalue weighted by Gasteiger charge is -2.34. The molecule has 0 saturated carbocycles. The Morgan fingerprint density at radius 1 is 0.917 bits per heavy atom. The van der Waals surface area contributed by atoms with Crippen LogP contribution in [-0.2, 0) is 19.9 Å². The molecule has 0 atom stereocenters. The average molecular weight is 538 g/mol. The molecule has 0 aliphatic carbocycles. The van der Waals surface area contributed by atoms with Crippen LogP contribution in [0.5, 0.6) is 0 Å². The van der Waals surface area contributed by atoms with Gasteiger partial charge in [0.1, 0.15) is 5.82 Å². The second-order valence-corrected chi connectivity index (χ2v) is 11.6. The van der Waals surface area contributed by atoms with E-state index in [1.165, 1.54) is 40.7 Å². The molecule has 36 heavy (non-hydrogen) atoms. The van der Waals surface area contributed by atoms with Crippen molar-refractivity contribution >= 4 is 37.3 Å². The van der Waals surface area contributed by atoms with Gasteiger partial charge in [-0.25, -0.2) is 21.8 Å². The minimum atomic E-state index is -4.99. The van der Waals surface area contributed by atoms with E-state index in [9.17, 15) is 30.4 Å². The number of halogens is 2. The smallest absolute Gasteiger partial charge is 0.341 e. The fourth-order valence-electron chi connectivity index (χ4n) is 3.67. The van der Waals surface area contributed by atoms with Crippen molar-refractivity contribution in [2.45, 2.75) is 15.5 Å². The number of carbonyl (C=O) groups excluding carboxylic acids is 1. The summed E-state index contributed by atoms with van der Waals surface area (Å²) in [7, 11) is -8.80. The van der Waals surface area contributed by atoms with Gasteiger partial charge in [-0.1, -0.05) is 12.1 Å². The lowest BCUT2D eigenvalue weighted by atomic mass is 10.2. The van der Waals surface area contributed by atoms with Crippen molar-refractivity contribution in [3.8, 4) is 0 Å². The van der Waals surface area contributed by atoms with E-state index < -0.39 is 42.0 Å². The number of sulfonamides is 1. The summed E-state index contributed by atoms with van der Waals surface area (Å²) in [4.78, 5) is 22.0. The van der Waals surface area contributed by atoms with Crippen LogP contribution in [0.3, 0.4) is 0 Å². The van der Waals surface area contributed by atoms with E-state index in [1.54, 1.807) is 18.6 Å². The van der Waals surface area contributed by atoms with Crippen LogP contribution in [0.15, 0.2) is 76.9 Å². The van der Waals surface area contributed by atoms with Gasteiger partial charge in [0, 0.05) is 44.3 Å². The molecule has 190 valence electrons. The van der Waals surface area contributed by atoms with Gasteiger partial charge in [-0.05, 0) is 36.4 Å². The van der Waals surface area contributed by atoms with Crippen molar-refractivity contribution < 1.29 is 30.4 Å². The number of nitrogens with zero attached hydrogens (tertiary/aromatic N) is 4. The number of hydrogen-bond donors (Lipinski definition) is 1. The lowest BCUT2D eigenvalue weighted by molar-refractivity contribution is 0.102. The van der Waals surface area contributed by atoms with E-state index in [1.807, 2.05) is 4.90 Å². The van der Waals surface area contributed by atoms with Gasteiger partial charge in [0.15, 0.2) is 0 Å². The molecular weight excluding hydrogens is 516 g/mol. The predicted molar refractivity (Wildman–Crippen MR) is 127 cm³/mol. The number of rotatable bonds is 7. The number of alkyl halides is 2. The number of nitrogens with one attached hydrogen (secondary N) is 1. The van der Waals surface area contributed by atoms with Crippen molar-refractivity contribution in [2.75, 3.05) is 36.4 Å². The van der Waals surface area contributed by atoms with Gasteiger partial charge in [0.25, 0.3) is 5.91 Å². The molecule has 4 rings (SSSR count). The summed E-state index contributed by atoms with van der Waals surface area (Å²) in [5.74, 6) is -3.94. The van der Waals surface area contributed by atoms with Gasteiger partial charge < -0.3 is 10.2 Å². The molecule has 10 nitrogen and oxygen atoms in total. The van der Waals surface area contributed by atoms with E-state index in [0.717, 1.165) is 12.1 Å². The first kappa shape index (κ1) is 25.6. The molecule has 1 amide bonds. The van der Waals surface area contributed by atoms with Crippen LogP contribution in [0.2, 0.25) is 0 Å². The highest BCUT2D eigenvalue weighted by Gasteiger charge is 2.31. The Kier molecular flexibility index (Phi) is 7.28. The molecule has 3 aromatic rings. The Morgan fingerprint density at radius 3 is 2.19 bits per heavy atom. The van der Waals surface area contributed by atoms with Gasteiger partial charge in [-0.2, -0.15) is 13.1 Å². The molecular formula is C22H21F2N5O5S2. The lowest BCUT2D eigenvalue weighted by Crippen LogP contribution is -2.48. The number of sulfone groups is 1. The summed E-state index contributed by atoms with van der Waals surface area (Å²) in [5, 5.41) is 2.42. The summed E-state index contributed by atoms with van der Waals surface area (Å²) in [6.45, 7) is 1.36. The second kappa shape index (κ2) is 10.2. The number of amides is 1. The molecule has 1 saturated heterocycles. The molecule has 1 aliphatic heterocycles. The Labute approximate surface area is 206 Å². The van der Waals surface area contributed by atoms with Crippen LogP contribution in [0.25, 0.3) is 0 Å². The van der Waals surface area contributed by atoms with Crippen LogP contribution in [0, 0.1) is 0 Å². The molecule has 1 N–H and O–H groups in total. The standard InChI is InChI=1S/C22H21F2N5O5S2/c23-22(24)35(31,32)19-4-2-1-3-18(19)21(30)27-16-5-7-17(8-6-16)36(33,34)29-13-11-28(12-14-29)20-15-25-9-10-26-20/h1-10,15,22H,11-14H2,(H,27,30). The fraction of sp³-hybridized carbons (Fsp3) is 0.227. The molecule has 1 aromatic heterocycles. The van der Waals surface area contributed by atoms with Gasteiger partial charge in [0.05, 0.1) is 21.6 Å². The number of carbonyl (C=O) groups is 1. The number of aromatic nitrogens is 2. The third-order valence-corrected chi connectivity index (χ3v) is 8.89. The zero-order valence-corrected chi connectivity index (χ0v) is 20.3. The predicted octanol–water partition coefficient (Wildman–Crippen LogP) is 2.24. The van der Waals surface area contributed by atoms with Crippen LogP contribution >= 0.6 is 0 Å². The molecule has 0 unspecified atom stereocenters. The number of benzene rings is 2. The zero-order valence-electron chi connectivity index (χ0n) is 18.7. The van der Waals surface area contributed by atoms with Gasteiger partial charge >= 0.3 is 5.76 Å². The Balaban J connectivity index is 1.45. The summed E-state index contributed by atoms with van der Waals surface area (Å²) in [5.41, 5.74) is -0.286. The second-order valence-electron chi connectivity index (χ2n) is 7.74. The van der Waals surface area contributed by atoms with Gasteiger partial charge in [-0.3, -0.25) is 9.78 Å². The summed E-state index contributed by atoms with van der Waals surface area (Å²) in [6.07, 6.45) is 4.73. The first-order valence-corrected chi connectivity index (χ1v) is 13.6. The minimum absolute atomic E-state index is 0.00845. The van der Waals surface area contributed by atoms with Gasteiger partial charge in [0.2, 0.25) is 19.9 Å². The Bertz CT molecular complexity index is 1450. The van der Waals surface area contributed by atoms with Crippen molar-refractivity contribution in [3.63, 3.8) is 0 Å². The SMILES string of the molecule is O=C(Nc1ccc(S(=O)(=O)N2CCN(c3cnccn3)CC2)cc1)c1ccccc1S(=O)(=O)C(F)F. The third kappa shape index (κ3) is 5.20. The first-order valence-electron chi connectivity index (χ1n) is 10.6.